The average Bonchev–Trinajstić information content (AvgIpc) is 3.38. The predicted molar refractivity (Wildman–Crippen MR) is 279 cm³/mol. The third-order valence-corrected chi connectivity index (χ3v) is 12.2. The Labute approximate surface area is 383 Å². The van der Waals surface area contributed by atoms with Crippen LogP contribution in [0.1, 0.15) is 12.5 Å². The quantitative estimate of drug-likeness (QED) is 0.113. The largest absolute Gasteiger partial charge is 0.311 e. The van der Waals surface area contributed by atoms with E-state index in [1.165, 1.54) is 55.3 Å². The highest BCUT2D eigenvalue weighted by atomic mass is 15.1. The van der Waals surface area contributed by atoms with E-state index in [2.05, 4.69) is 272 Å². The monoisotopic (exact) mass is 832 g/mol. The van der Waals surface area contributed by atoms with E-state index in [9.17, 15) is 0 Å². The van der Waals surface area contributed by atoms with Crippen molar-refractivity contribution in [3.63, 3.8) is 0 Å². The van der Waals surface area contributed by atoms with Gasteiger partial charge in [-0.05, 0) is 152 Å². The molecule has 65 heavy (non-hydrogen) atoms. The SMILES string of the molecule is C=C/C=C(\C)c1ccc(N(c2ccc(-c3ccccc3)cc2)c2ccc(-c3ccc(N(c4ccc(-c5ccccc5)cc4)c4ccc(-c5ccc6ccccc6c5)cc4)cc3)cc2)cc1. The van der Waals surface area contributed by atoms with Crippen molar-refractivity contribution in [2.45, 2.75) is 6.92 Å². The molecule has 0 spiro atoms. The third kappa shape index (κ3) is 8.80. The molecule has 0 amide bonds. The second kappa shape index (κ2) is 18.5. The van der Waals surface area contributed by atoms with Crippen LogP contribution in [0.25, 0.3) is 60.9 Å². The lowest BCUT2D eigenvalue weighted by Crippen LogP contribution is -2.10. The summed E-state index contributed by atoms with van der Waals surface area (Å²) in [5.74, 6) is 0. The molecule has 0 unspecified atom stereocenters. The molecule has 0 radical (unpaired) electrons. The highest BCUT2D eigenvalue weighted by Gasteiger charge is 2.16. The van der Waals surface area contributed by atoms with Crippen LogP contribution >= 0.6 is 0 Å². The second-order valence-electron chi connectivity index (χ2n) is 16.3. The number of nitrogens with zero attached hydrogens (tertiary/aromatic N) is 2. The highest BCUT2D eigenvalue weighted by molar-refractivity contribution is 5.88. The first-order valence-electron chi connectivity index (χ1n) is 22.2. The lowest BCUT2D eigenvalue weighted by Gasteiger charge is -2.27. The van der Waals surface area contributed by atoms with Crippen molar-refractivity contribution in [1.29, 1.82) is 0 Å². The summed E-state index contributed by atoms with van der Waals surface area (Å²) < 4.78 is 0. The summed E-state index contributed by atoms with van der Waals surface area (Å²) in [7, 11) is 0. The Kier molecular flexibility index (Phi) is 11.5. The molecule has 10 aromatic carbocycles. The van der Waals surface area contributed by atoms with Gasteiger partial charge in [0.05, 0.1) is 0 Å². The fourth-order valence-electron chi connectivity index (χ4n) is 8.69. The molecule has 10 rings (SSSR count). The van der Waals surface area contributed by atoms with E-state index in [0.29, 0.717) is 0 Å². The summed E-state index contributed by atoms with van der Waals surface area (Å²) in [6, 6.07) is 89.6. The minimum atomic E-state index is 1.08. The zero-order chi connectivity index (χ0) is 44.0. The standard InChI is InChI=1S/C63H48N2/c1-3-12-46(2)47-21-33-58(34-22-47)64(59-35-23-51(24-36-59)48-13-6-4-7-14-48)61-39-27-53(28-40-61)54-29-41-62(42-30-54)65(60-37-25-52(26-38-60)49-15-8-5-9-16-49)63-43-31-55(32-44-63)57-20-19-50-17-10-11-18-56(50)45-57/h3-45H,1H2,2H3/b46-12+. The summed E-state index contributed by atoms with van der Waals surface area (Å²) >= 11 is 0. The lowest BCUT2D eigenvalue weighted by atomic mass is 10.0. The van der Waals surface area contributed by atoms with E-state index < -0.39 is 0 Å². The number of allylic oxidation sites excluding steroid dienone is 3. The van der Waals surface area contributed by atoms with E-state index >= 15 is 0 Å². The van der Waals surface area contributed by atoms with Gasteiger partial charge in [0.25, 0.3) is 0 Å². The molecule has 0 heterocycles. The fourth-order valence-corrected chi connectivity index (χ4v) is 8.69. The van der Waals surface area contributed by atoms with E-state index in [1.54, 1.807) is 0 Å². The number of hydrogen-bond acceptors (Lipinski definition) is 2. The lowest BCUT2D eigenvalue weighted by molar-refractivity contribution is 1.28. The molecular formula is C63H48N2. The fraction of sp³-hybridized carbons (Fsp3) is 0.0159. The Morgan fingerprint density at radius 2 is 0.600 bits per heavy atom. The Balaban J connectivity index is 0.961. The predicted octanol–water partition coefficient (Wildman–Crippen LogP) is 18.0. The van der Waals surface area contributed by atoms with Gasteiger partial charge < -0.3 is 9.80 Å². The van der Waals surface area contributed by atoms with Crippen LogP contribution in [-0.2, 0) is 0 Å². The molecule has 0 aliphatic carbocycles. The van der Waals surface area contributed by atoms with Gasteiger partial charge in [0.2, 0.25) is 0 Å². The van der Waals surface area contributed by atoms with Gasteiger partial charge in [0.1, 0.15) is 0 Å². The number of benzene rings is 10. The van der Waals surface area contributed by atoms with Crippen molar-refractivity contribution in [3.8, 4) is 44.5 Å². The van der Waals surface area contributed by atoms with Gasteiger partial charge >= 0.3 is 0 Å². The Morgan fingerprint density at radius 3 is 0.969 bits per heavy atom. The maximum Gasteiger partial charge on any atom is 0.0462 e. The molecule has 10 aromatic rings. The summed E-state index contributed by atoms with van der Waals surface area (Å²) in [6.07, 6.45) is 3.89. The van der Waals surface area contributed by atoms with Crippen molar-refractivity contribution >= 4 is 50.5 Å². The first-order valence-corrected chi connectivity index (χ1v) is 22.2. The van der Waals surface area contributed by atoms with E-state index in [4.69, 9.17) is 0 Å². The number of hydrogen-bond donors (Lipinski definition) is 0. The van der Waals surface area contributed by atoms with E-state index in [0.717, 1.165) is 45.3 Å². The third-order valence-electron chi connectivity index (χ3n) is 12.2. The van der Waals surface area contributed by atoms with Crippen LogP contribution in [0.2, 0.25) is 0 Å². The van der Waals surface area contributed by atoms with E-state index in [1.807, 2.05) is 12.2 Å². The number of rotatable bonds is 12. The first-order chi connectivity index (χ1) is 32.1. The number of fused-ring (bicyclic) bond motifs is 1. The van der Waals surface area contributed by atoms with Gasteiger partial charge in [-0.25, -0.2) is 0 Å². The maximum atomic E-state index is 3.89. The van der Waals surface area contributed by atoms with Gasteiger partial charge in [-0.1, -0.05) is 189 Å². The molecular weight excluding hydrogens is 785 g/mol. The molecule has 0 atom stereocenters. The molecule has 0 aliphatic heterocycles. The molecule has 0 aromatic heterocycles. The van der Waals surface area contributed by atoms with Crippen LogP contribution in [0, 0.1) is 0 Å². The summed E-state index contributed by atoms with van der Waals surface area (Å²) in [5.41, 5.74) is 18.4. The van der Waals surface area contributed by atoms with Gasteiger partial charge in [0, 0.05) is 34.1 Å². The van der Waals surface area contributed by atoms with Crippen LogP contribution < -0.4 is 9.80 Å². The maximum absolute atomic E-state index is 3.89. The van der Waals surface area contributed by atoms with Gasteiger partial charge in [-0.2, -0.15) is 0 Å². The van der Waals surface area contributed by atoms with Gasteiger partial charge in [-0.15, -0.1) is 0 Å². The molecule has 0 aliphatic rings. The zero-order valence-electron chi connectivity index (χ0n) is 36.4. The summed E-state index contributed by atoms with van der Waals surface area (Å²) in [4.78, 5) is 4.66. The van der Waals surface area contributed by atoms with Crippen molar-refractivity contribution in [3.05, 3.63) is 273 Å². The van der Waals surface area contributed by atoms with Crippen LogP contribution in [0.15, 0.2) is 267 Å². The molecule has 0 saturated carbocycles. The van der Waals surface area contributed by atoms with Crippen molar-refractivity contribution in [2.24, 2.45) is 0 Å². The normalized spacial score (nSPS) is 11.3. The Bertz CT molecular complexity index is 3210. The second-order valence-corrected chi connectivity index (χ2v) is 16.3. The molecule has 2 heteroatoms. The minimum Gasteiger partial charge on any atom is -0.311 e. The van der Waals surface area contributed by atoms with Crippen LogP contribution in [0.5, 0.6) is 0 Å². The number of anilines is 6. The smallest absolute Gasteiger partial charge is 0.0462 e. The van der Waals surface area contributed by atoms with Crippen molar-refractivity contribution < 1.29 is 0 Å². The molecule has 0 N–H and O–H groups in total. The van der Waals surface area contributed by atoms with E-state index in [-0.39, 0.29) is 0 Å². The zero-order valence-corrected chi connectivity index (χ0v) is 36.4. The minimum absolute atomic E-state index is 1.08. The van der Waals surface area contributed by atoms with Gasteiger partial charge in [0.15, 0.2) is 0 Å². The summed E-state index contributed by atoms with van der Waals surface area (Å²) in [6.45, 7) is 6.01. The molecule has 310 valence electrons. The van der Waals surface area contributed by atoms with Crippen LogP contribution in [0.4, 0.5) is 34.1 Å². The molecule has 2 nitrogen and oxygen atoms in total. The topological polar surface area (TPSA) is 6.48 Å². The average molecular weight is 833 g/mol. The van der Waals surface area contributed by atoms with Gasteiger partial charge in [-0.3, -0.25) is 0 Å². The summed E-state index contributed by atoms with van der Waals surface area (Å²) in [5, 5.41) is 2.49. The Hall–Kier alpha value is -8.46. The van der Waals surface area contributed by atoms with Crippen LogP contribution in [-0.4, -0.2) is 0 Å². The molecule has 0 fully saturated rings. The Morgan fingerprint density at radius 1 is 0.308 bits per heavy atom. The first kappa shape index (κ1) is 40.6. The highest BCUT2D eigenvalue weighted by Crippen LogP contribution is 2.40. The van der Waals surface area contributed by atoms with Crippen molar-refractivity contribution in [1.82, 2.24) is 0 Å². The molecule has 0 saturated heterocycles. The molecule has 0 bridgehead atoms. The van der Waals surface area contributed by atoms with Crippen LogP contribution in [0.3, 0.4) is 0 Å². The van der Waals surface area contributed by atoms with Crippen molar-refractivity contribution in [2.75, 3.05) is 9.80 Å².